The Hall–Kier alpha value is -1.56. The highest BCUT2D eigenvalue weighted by molar-refractivity contribution is 5.92. The van der Waals surface area contributed by atoms with Crippen LogP contribution in [0.1, 0.15) is 42.0 Å². The van der Waals surface area contributed by atoms with E-state index in [1.165, 1.54) is 6.92 Å². The summed E-state index contributed by atoms with van der Waals surface area (Å²) in [5, 5.41) is 8.76. The number of Topliss-reactive ketones (excluding diaryl/α,β-unsaturated/α-hetero) is 1. The van der Waals surface area contributed by atoms with Crippen LogP contribution in [0, 0.1) is 11.3 Å². The number of nitrogens with one attached hydrogen (secondary N) is 1. The minimum Gasteiger partial charge on any atom is -0.355 e. The molecule has 68 valence electrons. The van der Waals surface area contributed by atoms with Crippen LogP contribution in [0.15, 0.2) is 6.07 Å². The fraction of sp³-hybridized carbons (Fsp3) is 0.400. The molecule has 1 aromatic heterocycles. The van der Waals surface area contributed by atoms with Gasteiger partial charge in [0.25, 0.3) is 0 Å². The van der Waals surface area contributed by atoms with Crippen LogP contribution in [-0.2, 0) is 6.42 Å². The number of carbonyl (C=O) groups is 1. The third kappa shape index (κ3) is 1.97. The van der Waals surface area contributed by atoms with Crippen molar-refractivity contribution >= 4 is 5.78 Å². The van der Waals surface area contributed by atoms with Crippen molar-refractivity contribution in [2.75, 3.05) is 0 Å². The number of nitriles is 1. The van der Waals surface area contributed by atoms with E-state index in [0.29, 0.717) is 11.3 Å². The Bertz CT molecular complexity index is 357. The van der Waals surface area contributed by atoms with Gasteiger partial charge in [0.2, 0.25) is 0 Å². The Morgan fingerprint density at radius 1 is 1.69 bits per heavy atom. The lowest BCUT2D eigenvalue weighted by molar-refractivity contribution is 0.101. The molecule has 3 nitrogen and oxygen atoms in total. The molecular formula is C10H12N2O. The normalized spacial score (nSPS) is 9.62. The van der Waals surface area contributed by atoms with Crippen molar-refractivity contribution in [1.82, 2.24) is 4.98 Å². The van der Waals surface area contributed by atoms with Crippen molar-refractivity contribution in [1.29, 1.82) is 5.26 Å². The zero-order valence-electron chi connectivity index (χ0n) is 7.85. The average Bonchev–Trinajstić information content (AvgIpc) is 2.48. The maximum absolute atomic E-state index is 11.0. The molecule has 1 rings (SSSR count). The van der Waals surface area contributed by atoms with E-state index < -0.39 is 0 Å². The van der Waals surface area contributed by atoms with E-state index in [-0.39, 0.29) is 5.78 Å². The molecule has 0 bridgehead atoms. The number of aromatic amines is 1. The Morgan fingerprint density at radius 3 is 2.85 bits per heavy atom. The molecule has 0 aliphatic carbocycles. The number of aryl methyl sites for hydroxylation is 1. The highest BCUT2D eigenvalue weighted by Crippen LogP contribution is 2.12. The van der Waals surface area contributed by atoms with Crippen LogP contribution in [0.5, 0.6) is 0 Å². The summed E-state index contributed by atoms with van der Waals surface area (Å²) in [6.45, 7) is 3.53. The van der Waals surface area contributed by atoms with Crippen LogP contribution in [0.4, 0.5) is 0 Å². The highest BCUT2D eigenvalue weighted by atomic mass is 16.1. The lowest BCUT2D eigenvalue weighted by atomic mass is 10.2. The molecule has 0 spiro atoms. The molecule has 0 aromatic carbocycles. The summed E-state index contributed by atoms with van der Waals surface area (Å²) >= 11 is 0. The van der Waals surface area contributed by atoms with Crippen LogP contribution in [-0.4, -0.2) is 10.8 Å². The van der Waals surface area contributed by atoms with Crippen LogP contribution in [0.2, 0.25) is 0 Å². The van der Waals surface area contributed by atoms with Crippen LogP contribution >= 0.6 is 0 Å². The molecule has 0 aliphatic rings. The SMILES string of the molecule is CCCc1[nH]c(C(C)=O)cc1C#N. The molecule has 0 saturated heterocycles. The van der Waals surface area contributed by atoms with Gasteiger partial charge in [-0.3, -0.25) is 4.79 Å². The number of carbonyl (C=O) groups excluding carboxylic acids is 1. The second-order valence-electron chi connectivity index (χ2n) is 2.99. The number of hydrogen-bond acceptors (Lipinski definition) is 2. The number of nitrogens with zero attached hydrogens (tertiary/aromatic N) is 1. The summed E-state index contributed by atoms with van der Waals surface area (Å²) in [7, 11) is 0. The molecule has 1 aromatic rings. The predicted molar refractivity (Wildman–Crippen MR) is 49.5 cm³/mol. The van der Waals surface area contributed by atoms with Crippen molar-refractivity contribution in [2.45, 2.75) is 26.7 Å². The molecule has 0 unspecified atom stereocenters. The smallest absolute Gasteiger partial charge is 0.175 e. The maximum Gasteiger partial charge on any atom is 0.175 e. The maximum atomic E-state index is 11.0. The fourth-order valence-corrected chi connectivity index (χ4v) is 1.23. The number of rotatable bonds is 3. The third-order valence-corrected chi connectivity index (χ3v) is 1.90. The van der Waals surface area contributed by atoms with Crippen molar-refractivity contribution in [3.05, 3.63) is 23.0 Å². The third-order valence-electron chi connectivity index (χ3n) is 1.90. The molecule has 0 aliphatic heterocycles. The van der Waals surface area contributed by atoms with Crippen LogP contribution < -0.4 is 0 Å². The van der Waals surface area contributed by atoms with Gasteiger partial charge < -0.3 is 4.98 Å². The van der Waals surface area contributed by atoms with Crippen molar-refractivity contribution in [3.8, 4) is 6.07 Å². The second kappa shape index (κ2) is 3.90. The standard InChI is InChI=1S/C10H12N2O/c1-3-4-9-8(6-11)5-10(12-9)7(2)13/h5,12H,3-4H2,1-2H3. The van der Waals surface area contributed by atoms with E-state index in [1.54, 1.807) is 6.07 Å². The summed E-state index contributed by atoms with van der Waals surface area (Å²) in [5.74, 6) is -0.0288. The highest BCUT2D eigenvalue weighted by Gasteiger charge is 2.09. The molecule has 0 amide bonds. The fourth-order valence-electron chi connectivity index (χ4n) is 1.23. The predicted octanol–water partition coefficient (Wildman–Crippen LogP) is 2.04. The number of aromatic nitrogens is 1. The zero-order valence-corrected chi connectivity index (χ0v) is 7.85. The second-order valence-corrected chi connectivity index (χ2v) is 2.99. The van der Waals surface area contributed by atoms with E-state index in [9.17, 15) is 4.79 Å². The van der Waals surface area contributed by atoms with Gasteiger partial charge in [-0.25, -0.2) is 0 Å². The van der Waals surface area contributed by atoms with Crippen molar-refractivity contribution < 1.29 is 4.79 Å². The lowest BCUT2D eigenvalue weighted by Gasteiger charge is -1.93. The quantitative estimate of drug-likeness (QED) is 0.716. The Labute approximate surface area is 77.4 Å². The van der Waals surface area contributed by atoms with Gasteiger partial charge >= 0.3 is 0 Å². The number of H-pyrrole nitrogens is 1. The summed E-state index contributed by atoms with van der Waals surface area (Å²) < 4.78 is 0. The Balaban J connectivity index is 3.06. The lowest BCUT2D eigenvalue weighted by Crippen LogP contribution is -1.92. The topological polar surface area (TPSA) is 56.6 Å². The summed E-state index contributed by atoms with van der Waals surface area (Å²) in [4.78, 5) is 14.0. The van der Waals surface area contributed by atoms with Gasteiger partial charge in [-0.15, -0.1) is 0 Å². The molecular weight excluding hydrogens is 164 g/mol. The van der Waals surface area contributed by atoms with Crippen molar-refractivity contribution in [3.63, 3.8) is 0 Å². The Kier molecular flexibility index (Phi) is 2.86. The van der Waals surface area contributed by atoms with E-state index in [4.69, 9.17) is 5.26 Å². The largest absolute Gasteiger partial charge is 0.355 e. The first-order valence-electron chi connectivity index (χ1n) is 4.32. The molecule has 0 atom stereocenters. The summed E-state index contributed by atoms with van der Waals surface area (Å²) in [6, 6.07) is 3.69. The van der Waals surface area contributed by atoms with Crippen LogP contribution in [0.25, 0.3) is 0 Å². The van der Waals surface area contributed by atoms with Gasteiger partial charge in [0.05, 0.1) is 11.3 Å². The van der Waals surface area contributed by atoms with Gasteiger partial charge in [-0.2, -0.15) is 5.26 Å². The van der Waals surface area contributed by atoms with Gasteiger partial charge in [0.1, 0.15) is 6.07 Å². The molecule has 0 saturated carbocycles. The van der Waals surface area contributed by atoms with Crippen molar-refractivity contribution in [2.24, 2.45) is 0 Å². The van der Waals surface area contributed by atoms with Gasteiger partial charge in [-0.05, 0) is 12.5 Å². The van der Waals surface area contributed by atoms with E-state index in [2.05, 4.69) is 11.1 Å². The monoisotopic (exact) mass is 176 g/mol. The van der Waals surface area contributed by atoms with E-state index >= 15 is 0 Å². The van der Waals surface area contributed by atoms with Gasteiger partial charge in [0.15, 0.2) is 5.78 Å². The summed E-state index contributed by atoms with van der Waals surface area (Å²) in [5.41, 5.74) is 1.99. The number of ketones is 1. The van der Waals surface area contributed by atoms with Gasteiger partial charge in [0, 0.05) is 12.6 Å². The average molecular weight is 176 g/mol. The van der Waals surface area contributed by atoms with Gasteiger partial charge in [-0.1, -0.05) is 13.3 Å². The molecule has 0 radical (unpaired) electrons. The summed E-state index contributed by atoms with van der Waals surface area (Å²) in [6.07, 6.45) is 1.78. The minimum atomic E-state index is -0.0288. The van der Waals surface area contributed by atoms with E-state index in [0.717, 1.165) is 18.5 Å². The Morgan fingerprint density at radius 2 is 2.38 bits per heavy atom. The number of hydrogen-bond donors (Lipinski definition) is 1. The first-order valence-corrected chi connectivity index (χ1v) is 4.32. The molecule has 0 fully saturated rings. The molecule has 13 heavy (non-hydrogen) atoms. The first kappa shape index (κ1) is 9.53. The molecule has 1 N–H and O–H groups in total. The first-order chi connectivity index (χ1) is 6.19. The molecule has 3 heteroatoms. The van der Waals surface area contributed by atoms with E-state index in [1.807, 2.05) is 6.92 Å². The minimum absolute atomic E-state index is 0.0288. The van der Waals surface area contributed by atoms with Crippen LogP contribution in [0.3, 0.4) is 0 Å². The molecule has 1 heterocycles. The zero-order chi connectivity index (χ0) is 9.84.